The first-order valence-electron chi connectivity index (χ1n) is 6.17. The van der Waals surface area contributed by atoms with Gasteiger partial charge in [0.2, 0.25) is 15.9 Å². The predicted molar refractivity (Wildman–Crippen MR) is 84.4 cm³/mol. The molecule has 1 amide bonds. The molecule has 0 aromatic heterocycles. The van der Waals surface area contributed by atoms with Crippen molar-refractivity contribution in [2.45, 2.75) is 4.90 Å². The van der Waals surface area contributed by atoms with Crippen molar-refractivity contribution in [1.29, 1.82) is 0 Å². The summed E-state index contributed by atoms with van der Waals surface area (Å²) >= 11 is 3.18. The lowest BCUT2D eigenvalue weighted by atomic mass is 10.3. The highest BCUT2D eigenvalue weighted by molar-refractivity contribution is 9.10. The van der Waals surface area contributed by atoms with Gasteiger partial charge in [-0.25, -0.2) is 17.5 Å². The number of anilines is 1. The van der Waals surface area contributed by atoms with Gasteiger partial charge in [-0.2, -0.15) is 0 Å². The zero-order chi connectivity index (χ0) is 16.2. The molecular formula is C14H12BrFN2O3S. The summed E-state index contributed by atoms with van der Waals surface area (Å²) in [6, 6.07) is 11.3. The van der Waals surface area contributed by atoms with E-state index in [1.807, 2.05) is 0 Å². The molecule has 2 aromatic carbocycles. The van der Waals surface area contributed by atoms with Crippen LogP contribution in [0.5, 0.6) is 0 Å². The van der Waals surface area contributed by atoms with Crippen LogP contribution < -0.4 is 10.0 Å². The molecule has 0 radical (unpaired) electrons. The Hall–Kier alpha value is -1.77. The third-order valence-electron chi connectivity index (χ3n) is 2.66. The third-order valence-corrected chi connectivity index (χ3v) is 4.55. The van der Waals surface area contributed by atoms with Crippen LogP contribution in [-0.4, -0.2) is 20.9 Å². The van der Waals surface area contributed by atoms with E-state index < -0.39 is 28.3 Å². The van der Waals surface area contributed by atoms with Gasteiger partial charge < -0.3 is 5.32 Å². The minimum atomic E-state index is -3.78. The molecule has 116 valence electrons. The summed E-state index contributed by atoms with van der Waals surface area (Å²) in [5, 5.41) is 2.46. The summed E-state index contributed by atoms with van der Waals surface area (Å²) in [6.07, 6.45) is 0. The summed E-state index contributed by atoms with van der Waals surface area (Å²) in [7, 11) is -3.78. The molecule has 0 spiro atoms. The van der Waals surface area contributed by atoms with Crippen LogP contribution in [0.25, 0.3) is 0 Å². The maximum atomic E-state index is 12.7. The monoisotopic (exact) mass is 386 g/mol. The molecule has 2 rings (SSSR count). The first-order chi connectivity index (χ1) is 10.4. The molecule has 0 aliphatic carbocycles. The van der Waals surface area contributed by atoms with Gasteiger partial charge in [0.15, 0.2) is 0 Å². The van der Waals surface area contributed by atoms with E-state index in [1.165, 1.54) is 36.4 Å². The number of sulfonamides is 1. The summed E-state index contributed by atoms with van der Waals surface area (Å²) in [5.41, 5.74) is 0.382. The molecule has 8 heteroatoms. The number of carbonyl (C=O) groups excluding carboxylic acids is 1. The van der Waals surface area contributed by atoms with Crippen LogP contribution in [0.3, 0.4) is 0 Å². The Morgan fingerprint density at radius 2 is 1.82 bits per heavy atom. The van der Waals surface area contributed by atoms with Crippen LogP contribution in [0.4, 0.5) is 10.1 Å². The summed E-state index contributed by atoms with van der Waals surface area (Å²) < 4.78 is 39.6. The number of halogens is 2. The SMILES string of the molecule is O=C(CNS(=O)(=O)c1cccc(Br)c1)Nc1ccc(F)cc1. The Balaban J connectivity index is 1.97. The molecule has 2 aromatic rings. The molecule has 0 fully saturated rings. The summed E-state index contributed by atoms with van der Waals surface area (Å²) in [4.78, 5) is 11.8. The number of hydrogen-bond acceptors (Lipinski definition) is 3. The van der Waals surface area contributed by atoms with Crippen LogP contribution in [-0.2, 0) is 14.8 Å². The van der Waals surface area contributed by atoms with Gasteiger partial charge in [0, 0.05) is 10.2 Å². The molecule has 0 unspecified atom stereocenters. The zero-order valence-corrected chi connectivity index (χ0v) is 13.6. The molecule has 0 saturated carbocycles. The minimum Gasteiger partial charge on any atom is -0.325 e. The Kier molecular flexibility index (Phi) is 5.28. The van der Waals surface area contributed by atoms with Crippen LogP contribution in [0.1, 0.15) is 0 Å². The molecule has 0 aliphatic heterocycles. The molecule has 0 atom stereocenters. The van der Waals surface area contributed by atoms with E-state index in [9.17, 15) is 17.6 Å². The molecule has 22 heavy (non-hydrogen) atoms. The predicted octanol–water partition coefficient (Wildman–Crippen LogP) is 2.51. The van der Waals surface area contributed by atoms with E-state index in [-0.39, 0.29) is 4.90 Å². The van der Waals surface area contributed by atoms with Crippen LogP contribution in [0.15, 0.2) is 57.9 Å². The molecule has 0 bridgehead atoms. The van der Waals surface area contributed by atoms with E-state index >= 15 is 0 Å². The minimum absolute atomic E-state index is 0.0523. The van der Waals surface area contributed by atoms with Gasteiger partial charge in [-0.3, -0.25) is 4.79 Å². The van der Waals surface area contributed by atoms with E-state index in [4.69, 9.17) is 0 Å². The number of nitrogens with one attached hydrogen (secondary N) is 2. The van der Waals surface area contributed by atoms with Crippen molar-refractivity contribution in [3.05, 3.63) is 58.8 Å². The zero-order valence-electron chi connectivity index (χ0n) is 11.2. The molecule has 2 N–H and O–H groups in total. The van der Waals surface area contributed by atoms with Crippen LogP contribution in [0, 0.1) is 5.82 Å². The van der Waals surface area contributed by atoms with Gasteiger partial charge in [0.05, 0.1) is 11.4 Å². The average Bonchev–Trinajstić information content (AvgIpc) is 2.48. The molecule has 0 aliphatic rings. The van der Waals surface area contributed by atoms with Gasteiger partial charge in [-0.15, -0.1) is 0 Å². The summed E-state index contributed by atoms with van der Waals surface area (Å²) in [6.45, 7) is -0.424. The highest BCUT2D eigenvalue weighted by Gasteiger charge is 2.15. The van der Waals surface area contributed by atoms with Crippen molar-refractivity contribution in [1.82, 2.24) is 4.72 Å². The lowest BCUT2D eigenvalue weighted by Gasteiger charge is -2.08. The highest BCUT2D eigenvalue weighted by atomic mass is 79.9. The lowest BCUT2D eigenvalue weighted by molar-refractivity contribution is -0.115. The second-order valence-corrected chi connectivity index (χ2v) is 7.02. The van der Waals surface area contributed by atoms with Gasteiger partial charge in [-0.1, -0.05) is 22.0 Å². The molecular weight excluding hydrogens is 375 g/mol. The maximum absolute atomic E-state index is 12.7. The first-order valence-corrected chi connectivity index (χ1v) is 8.45. The second-order valence-electron chi connectivity index (χ2n) is 4.34. The van der Waals surface area contributed by atoms with Crippen LogP contribution >= 0.6 is 15.9 Å². The smallest absolute Gasteiger partial charge is 0.241 e. The number of carbonyl (C=O) groups is 1. The molecule has 5 nitrogen and oxygen atoms in total. The Bertz CT molecular complexity index is 779. The Labute approximate surface area is 135 Å². The normalized spacial score (nSPS) is 11.2. The maximum Gasteiger partial charge on any atom is 0.241 e. The quantitative estimate of drug-likeness (QED) is 0.828. The van der Waals surface area contributed by atoms with Crippen molar-refractivity contribution in [2.24, 2.45) is 0 Å². The lowest BCUT2D eigenvalue weighted by Crippen LogP contribution is -2.32. The highest BCUT2D eigenvalue weighted by Crippen LogP contribution is 2.15. The number of hydrogen-bond donors (Lipinski definition) is 2. The standard InChI is InChI=1S/C14H12BrFN2O3S/c15-10-2-1-3-13(8-10)22(20,21)17-9-14(19)18-12-6-4-11(16)5-7-12/h1-8,17H,9H2,(H,18,19). The number of rotatable bonds is 5. The Morgan fingerprint density at radius 1 is 1.14 bits per heavy atom. The van der Waals surface area contributed by atoms with E-state index in [0.29, 0.717) is 10.2 Å². The Morgan fingerprint density at radius 3 is 2.45 bits per heavy atom. The van der Waals surface area contributed by atoms with Crippen molar-refractivity contribution in [2.75, 3.05) is 11.9 Å². The third kappa shape index (κ3) is 4.62. The average molecular weight is 387 g/mol. The van der Waals surface area contributed by atoms with E-state index in [1.54, 1.807) is 12.1 Å². The van der Waals surface area contributed by atoms with Crippen molar-refractivity contribution in [3.8, 4) is 0 Å². The number of amides is 1. The summed E-state index contributed by atoms with van der Waals surface area (Å²) in [5.74, 6) is -0.974. The first kappa shape index (κ1) is 16.6. The number of benzene rings is 2. The van der Waals surface area contributed by atoms with Gasteiger partial charge in [0.1, 0.15) is 5.82 Å². The van der Waals surface area contributed by atoms with Gasteiger partial charge >= 0.3 is 0 Å². The van der Waals surface area contributed by atoms with Crippen molar-refractivity contribution < 1.29 is 17.6 Å². The molecule has 0 saturated heterocycles. The topological polar surface area (TPSA) is 75.3 Å². The fourth-order valence-corrected chi connectivity index (χ4v) is 3.19. The van der Waals surface area contributed by atoms with Gasteiger partial charge in [-0.05, 0) is 42.5 Å². The fraction of sp³-hybridized carbons (Fsp3) is 0.0714. The van der Waals surface area contributed by atoms with Crippen molar-refractivity contribution >= 4 is 37.5 Å². The van der Waals surface area contributed by atoms with E-state index in [0.717, 1.165) is 0 Å². The second kappa shape index (κ2) is 6.99. The largest absolute Gasteiger partial charge is 0.325 e. The van der Waals surface area contributed by atoms with Gasteiger partial charge in [0.25, 0.3) is 0 Å². The van der Waals surface area contributed by atoms with E-state index in [2.05, 4.69) is 26.0 Å². The van der Waals surface area contributed by atoms with Crippen LogP contribution in [0.2, 0.25) is 0 Å². The molecule has 0 heterocycles. The fourth-order valence-electron chi connectivity index (χ4n) is 1.62. The van der Waals surface area contributed by atoms with Crippen molar-refractivity contribution in [3.63, 3.8) is 0 Å².